The molecule has 0 saturated heterocycles. The third kappa shape index (κ3) is 3.60. The van der Waals surface area contributed by atoms with E-state index in [9.17, 15) is 0 Å². The van der Waals surface area contributed by atoms with Crippen LogP contribution in [0.3, 0.4) is 0 Å². The Morgan fingerprint density at radius 2 is 1.44 bits per heavy atom. The van der Waals surface area contributed by atoms with Crippen molar-refractivity contribution in [3.05, 3.63) is 47.0 Å². The van der Waals surface area contributed by atoms with Gasteiger partial charge in [0.25, 0.3) is 0 Å². The maximum absolute atomic E-state index is 8.81. The number of fused-ring (bicyclic) bond motifs is 1. The number of benzene rings is 2. The van der Waals surface area contributed by atoms with Crippen LogP contribution in [0.15, 0.2) is 30.3 Å². The van der Waals surface area contributed by atoms with E-state index in [2.05, 4.69) is 32.0 Å². The van der Waals surface area contributed by atoms with Gasteiger partial charge in [-0.15, -0.1) is 0 Å². The van der Waals surface area contributed by atoms with Gasteiger partial charge in [0, 0.05) is 0 Å². The summed E-state index contributed by atoms with van der Waals surface area (Å²) in [6.45, 7) is 12.2. The van der Waals surface area contributed by atoms with Crippen LogP contribution in [0.2, 0.25) is 0 Å². The first-order valence-corrected chi connectivity index (χ1v) is 6.62. The molecule has 0 saturated carbocycles. The Hall–Kier alpha value is -1.81. The molecule has 0 spiro atoms. The average molecular weight is 241 g/mol. The standard InChI is InChI=1S/C13H11N.2C2H6/c1-9-3-5-12-6-4-11(8-14)7-13(12)10(9)2;2*1-2/h3-7H,1-2H3;2*1-2H3. The molecule has 0 N–H and O–H groups in total. The third-order valence-electron chi connectivity index (χ3n) is 2.69. The van der Waals surface area contributed by atoms with Gasteiger partial charge in [-0.1, -0.05) is 45.9 Å². The topological polar surface area (TPSA) is 23.8 Å². The number of hydrogen-bond acceptors (Lipinski definition) is 1. The number of hydrogen-bond donors (Lipinski definition) is 0. The zero-order valence-corrected chi connectivity index (χ0v) is 12.3. The van der Waals surface area contributed by atoms with Gasteiger partial charge < -0.3 is 0 Å². The molecule has 2 aromatic carbocycles. The van der Waals surface area contributed by atoms with Gasteiger partial charge in [-0.3, -0.25) is 0 Å². The van der Waals surface area contributed by atoms with E-state index in [4.69, 9.17) is 5.26 Å². The molecule has 0 aromatic heterocycles. The van der Waals surface area contributed by atoms with Crippen LogP contribution >= 0.6 is 0 Å². The minimum Gasteiger partial charge on any atom is -0.192 e. The van der Waals surface area contributed by atoms with E-state index in [1.165, 1.54) is 21.9 Å². The molecule has 1 nitrogen and oxygen atoms in total. The lowest BCUT2D eigenvalue weighted by atomic mass is 9.99. The van der Waals surface area contributed by atoms with Gasteiger partial charge in [0.15, 0.2) is 0 Å². The molecule has 2 aromatic rings. The van der Waals surface area contributed by atoms with Crippen LogP contribution in [-0.2, 0) is 0 Å². The van der Waals surface area contributed by atoms with Crippen molar-refractivity contribution in [3.8, 4) is 6.07 Å². The maximum Gasteiger partial charge on any atom is 0.0991 e. The minimum atomic E-state index is 0.728. The molecule has 0 aliphatic heterocycles. The van der Waals surface area contributed by atoms with Crippen molar-refractivity contribution in [3.63, 3.8) is 0 Å². The Labute approximate surface area is 111 Å². The van der Waals surface area contributed by atoms with Gasteiger partial charge in [0.1, 0.15) is 0 Å². The molecule has 96 valence electrons. The maximum atomic E-state index is 8.81. The summed E-state index contributed by atoms with van der Waals surface area (Å²) in [6, 6.07) is 12.2. The first-order chi connectivity index (χ1) is 8.72. The lowest BCUT2D eigenvalue weighted by Gasteiger charge is -2.05. The Balaban J connectivity index is 0.000000659. The predicted molar refractivity (Wildman–Crippen MR) is 80.8 cm³/mol. The van der Waals surface area contributed by atoms with E-state index in [-0.39, 0.29) is 0 Å². The van der Waals surface area contributed by atoms with Crippen LogP contribution in [0.4, 0.5) is 0 Å². The molecule has 0 unspecified atom stereocenters. The predicted octanol–water partition coefficient (Wildman–Crippen LogP) is 5.38. The lowest BCUT2D eigenvalue weighted by molar-refractivity contribution is 1.38. The number of nitrogens with zero attached hydrogens (tertiary/aromatic N) is 1. The molecule has 0 heterocycles. The van der Waals surface area contributed by atoms with Crippen molar-refractivity contribution < 1.29 is 0 Å². The van der Waals surface area contributed by atoms with Gasteiger partial charge in [-0.2, -0.15) is 5.26 Å². The zero-order chi connectivity index (χ0) is 14.1. The number of nitriles is 1. The van der Waals surface area contributed by atoms with Gasteiger partial charge in [-0.05, 0) is 47.9 Å². The molecule has 2 rings (SSSR count). The number of aryl methyl sites for hydroxylation is 2. The van der Waals surface area contributed by atoms with Crippen molar-refractivity contribution in [1.29, 1.82) is 5.26 Å². The monoisotopic (exact) mass is 241 g/mol. The second kappa shape index (κ2) is 8.31. The Morgan fingerprint density at radius 3 is 2.00 bits per heavy atom. The highest BCUT2D eigenvalue weighted by atomic mass is 14.2. The van der Waals surface area contributed by atoms with E-state index in [0.29, 0.717) is 0 Å². The zero-order valence-electron chi connectivity index (χ0n) is 12.3. The Kier molecular flexibility index (Phi) is 7.47. The summed E-state index contributed by atoms with van der Waals surface area (Å²) >= 11 is 0. The minimum absolute atomic E-state index is 0.728. The van der Waals surface area contributed by atoms with Crippen LogP contribution in [0.1, 0.15) is 44.4 Å². The third-order valence-corrected chi connectivity index (χ3v) is 2.69. The Morgan fingerprint density at radius 1 is 0.889 bits per heavy atom. The highest BCUT2D eigenvalue weighted by molar-refractivity contribution is 5.87. The fourth-order valence-electron chi connectivity index (χ4n) is 1.65. The summed E-state index contributed by atoms with van der Waals surface area (Å²) in [6.07, 6.45) is 0. The molecule has 0 radical (unpaired) electrons. The highest BCUT2D eigenvalue weighted by Gasteiger charge is 2.00. The molecule has 18 heavy (non-hydrogen) atoms. The highest BCUT2D eigenvalue weighted by Crippen LogP contribution is 2.22. The summed E-state index contributed by atoms with van der Waals surface area (Å²) in [4.78, 5) is 0. The molecule has 0 atom stereocenters. The smallest absolute Gasteiger partial charge is 0.0991 e. The SMILES string of the molecule is CC.CC.Cc1ccc2ccc(C#N)cc2c1C. The molecule has 0 bridgehead atoms. The number of rotatable bonds is 0. The van der Waals surface area contributed by atoms with Crippen molar-refractivity contribution in [2.24, 2.45) is 0 Å². The molecule has 0 amide bonds. The van der Waals surface area contributed by atoms with Crippen molar-refractivity contribution in [1.82, 2.24) is 0 Å². The summed E-state index contributed by atoms with van der Waals surface area (Å²) in [5.41, 5.74) is 3.26. The summed E-state index contributed by atoms with van der Waals surface area (Å²) in [5, 5.41) is 11.2. The fraction of sp³-hybridized carbons (Fsp3) is 0.353. The second-order valence-corrected chi connectivity index (χ2v) is 3.56. The summed E-state index contributed by atoms with van der Waals surface area (Å²) < 4.78 is 0. The van der Waals surface area contributed by atoms with Gasteiger partial charge in [-0.25, -0.2) is 0 Å². The van der Waals surface area contributed by atoms with Crippen LogP contribution < -0.4 is 0 Å². The first kappa shape index (κ1) is 16.2. The molecular weight excluding hydrogens is 218 g/mol. The Bertz CT molecular complexity index is 533. The lowest BCUT2D eigenvalue weighted by Crippen LogP contribution is -1.84. The first-order valence-electron chi connectivity index (χ1n) is 6.62. The molecule has 0 aliphatic rings. The van der Waals surface area contributed by atoms with Crippen LogP contribution in [0.5, 0.6) is 0 Å². The summed E-state index contributed by atoms with van der Waals surface area (Å²) in [5.74, 6) is 0. The largest absolute Gasteiger partial charge is 0.192 e. The van der Waals surface area contributed by atoms with Gasteiger partial charge in [0.2, 0.25) is 0 Å². The fourth-order valence-corrected chi connectivity index (χ4v) is 1.65. The van der Waals surface area contributed by atoms with Crippen molar-refractivity contribution in [2.75, 3.05) is 0 Å². The van der Waals surface area contributed by atoms with E-state index in [1.807, 2.05) is 45.9 Å². The van der Waals surface area contributed by atoms with Crippen molar-refractivity contribution >= 4 is 10.8 Å². The second-order valence-electron chi connectivity index (χ2n) is 3.56. The average Bonchev–Trinajstić information content (AvgIpc) is 2.47. The van der Waals surface area contributed by atoms with Crippen LogP contribution in [-0.4, -0.2) is 0 Å². The molecule has 0 aliphatic carbocycles. The molecule has 1 heteroatoms. The van der Waals surface area contributed by atoms with E-state index < -0.39 is 0 Å². The quantitative estimate of drug-likeness (QED) is 0.607. The summed E-state index contributed by atoms with van der Waals surface area (Å²) in [7, 11) is 0. The van der Waals surface area contributed by atoms with Crippen molar-refractivity contribution in [2.45, 2.75) is 41.5 Å². The van der Waals surface area contributed by atoms with Crippen LogP contribution in [0, 0.1) is 25.2 Å². The molecule has 0 fully saturated rings. The van der Waals surface area contributed by atoms with Crippen LogP contribution in [0.25, 0.3) is 10.8 Å². The van der Waals surface area contributed by atoms with E-state index in [0.717, 1.165) is 5.56 Å². The van der Waals surface area contributed by atoms with E-state index in [1.54, 1.807) is 0 Å². The van der Waals surface area contributed by atoms with Gasteiger partial charge >= 0.3 is 0 Å². The normalized spacial score (nSPS) is 8.50. The molecular formula is C17H23N. The van der Waals surface area contributed by atoms with Gasteiger partial charge in [0.05, 0.1) is 11.6 Å². The van der Waals surface area contributed by atoms with E-state index >= 15 is 0 Å².